The van der Waals surface area contributed by atoms with Gasteiger partial charge in [0.2, 0.25) is 10.0 Å². The Morgan fingerprint density at radius 2 is 2.00 bits per heavy atom. The number of nitrogens with zero attached hydrogens (tertiary/aromatic N) is 1. The van der Waals surface area contributed by atoms with E-state index in [-0.39, 0.29) is 12.3 Å². The molecule has 1 aromatic rings. The number of nitrogens with one attached hydrogen (secondary N) is 3. The average molecular weight is 394 g/mol. The predicted molar refractivity (Wildman–Crippen MR) is 95.3 cm³/mol. The minimum Gasteiger partial charge on any atom is -0.497 e. The first-order valence-corrected chi connectivity index (χ1v) is 9.65. The van der Waals surface area contributed by atoms with Crippen molar-refractivity contribution in [2.45, 2.75) is 19.6 Å². The van der Waals surface area contributed by atoms with Crippen molar-refractivity contribution in [2.24, 2.45) is 4.99 Å². The van der Waals surface area contributed by atoms with E-state index in [1.54, 1.807) is 13.1 Å². The minimum absolute atomic E-state index is 0.0427. The molecule has 148 valence electrons. The second-order valence-corrected chi connectivity index (χ2v) is 7.06. The normalized spacial score (nSPS) is 12.2. The standard InChI is InChI=1S/C15H24F2N4O4S/c1-18-15(19-7-4-8-21-26(3,22)23)20-10-11-9-12(24-2)5-6-13(11)25-14(16)17/h5-6,9,14,21H,4,7-8,10H2,1-3H3,(H2,18,19,20). The molecule has 0 atom stereocenters. The van der Waals surface area contributed by atoms with Gasteiger partial charge in [0.15, 0.2) is 5.96 Å². The lowest BCUT2D eigenvalue weighted by Crippen LogP contribution is -2.38. The van der Waals surface area contributed by atoms with Crippen LogP contribution in [-0.4, -0.2) is 54.5 Å². The van der Waals surface area contributed by atoms with E-state index >= 15 is 0 Å². The molecule has 0 heterocycles. The summed E-state index contributed by atoms with van der Waals surface area (Å²) in [5.74, 6) is 0.995. The van der Waals surface area contributed by atoms with E-state index in [0.717, 1.165) is 6.26 Å². The number of sulfonamides is 1. The first-order valence-electron chi connectivity index (χ1n) is 7.76. The van der Waals surface area contributed by atoms with E-state index < -0.39 is 16.6 Å². The molecule has 3 N–H and O–H groups in total. The van der Waals surface area contributed by atoms with Crippen LogP contribution in [0, 0.1) is 0 Å². The number of alkyl halides is 2. The third-order valence-corrected chi connectivity index (χ3v) is 3.89. The summed E-state index contributed by atoms with van der Waals surface area (Å²) in [4.78, 5) is 4.02. The minimum atomic E-state index is -3.21. The molecule has 0 aromatic heterocycles. The summed E-state index contributed by atoms with van der Waals surface area (Å²) in [6.07, 6.45) is 1.64. The molecule has 0 aliphatic carbocycles. The molecule has 0 saturated carbocycles. The molecule has 11 heteroatoms. The molecule has 26 heavy (non-hydrogen) atoms. The summed E-state index contributed by atoms with van der Waals surface area (Å²) in [7, 11) is -0.170. The van der Waals surface area contributed by atoms with Gasteiger partial charge in [-0.15, -0.1) is 0 Å². The summed E-state index contributed by atoms with van der Waals surface area (Å²) < 4.78 is 58.9. The van der Waals surface area contributed by atoms with Crippen molar-refractivity contribution in [3.05, 3.63) is 23.8 Å². The molecule has 0 aliphatic heterocycles. The quantitative estimate of drug-likeness (QED) is 0.310. The van der Waals surface area contributed by atoms with Gasteiger partial charge in [-0.3, -0.25) is 4.99 Å². The van der Waals surface area contributed by atoms with Crippen LogP contribution in [0.1, 0.15) is 12.0 Å². The number of aliphatic imine (C=N–C) groups is 1. The highest BCUT2D eigenvalue weighted by molar-refractivity contribution is 7.88. The van der Waals surface area contributed by atoms with Crippen LogP contribution in [-0.2, 0) is 16.6 Å². The highest BCUT2D eigenvalue weighted by atomic mass is 32.2. The van der Waals surface area contributed by atoms with Gasteiger partial charge in [-0.25, -0.2) is 13.1 Å². The summed E-state index contributed by atoms with van der Waals surface area (Å²) in [5.41, 5.74) is 0.478. The van der Waals surface area contributed by atoms with Crippen LogP contribution in [0.4, 0.5) is 8.78 Å². The van der Waals surface area contributed by atoms with E-state index in [1.165, 1.54) is 19.2 Å². The Kier molecular flexibility index (Phi) is 9.07. The summed E-state index contributed by atoms with van der Waals surface area (Å²) in [6.45, 7) is -1.98. The van der Waals surface area contributed by atoms with Crippen molar-refractivity contribution >= 4 is 16.0 Å². The highest BCUT2D eigenvalue weighted by Gasteiger charge is 2.11. The molecule has 8 nitrogen and oxygen atoms in total. The number of ether oxygens (including phenoxy) is 2. The second-order valence-electron chi connectivity index (χ2n) is 5.22. The van der Waals surface area contributed by atoms with Gasteiger partial charge in [0.05, 0.1) is 13.4 Å². The Balaban J connectivity index is 2.56. The average Bonchev–Trinajstić information content (AvgIpc) is 2.56. The number of methoxy groups -OCH3 is 1. The summed E-state index contributed by atoms with van der Waals surface area (Å²) >= 11 is 0. The monoisotopic (exact) mass is 394 g/mol. The zero-order valence-corrected chi connectivity index (χ0v) is 15.7. The maximum atomic E-state index is 12.5. The van der Waals surface area contributed by atoms with Crippen LogP contribution in [0.15, 0.2) is 23.2 Å². The molecule has 0 fully saturated rings. The third-order valence-electron chi connectivity index (χ3n) is 3.16. The van der Waals surface area contributed by atoms with Crippen molar-refractivity contribution in [2.75, 3.05) is 33.5 Å². The van der Waals surface area contributed by atoms with Crippen LogP contribution in [0.3, 0.4) is 0 Å². The molecular weight excluding hydrogens is 370 g/mol. The Morgan fingerprint density at radius 3 is 2.58 bits per heavy atom. The van der Waals surface area contributed by atoms with Gasteiger partial charge >= 0.3 is 6.61 Å². The highest BCUT2D eigenvalue weighted by Crippen LogP contribution is 2.25. The lowest BCUT2D eigenvalue weighted by Gasteiger charge is -2.15. The van der Waals surface area contributed by atoms with Crippen molar-refractivity contribution in [1.82, 2.24) is 15.4 Å². The van der Waals surface area contributed by atoms with Crippen molar-refractivity contribution in [3.8, 4) is 11.5 Å². The number of hydrogen-bond donors (Lipinski definition) is 3. The first kappa shape index (κ1) is 21.9. The fraction of sp³-hybridized carbons (Fsp3) is 0.533. The Morgan fingerprint density at radius 1 is 1.27 bits per heavy atom. The van der Waals surface area contributed by atoms with Gasteiger partial charge in [0, 0.05) is 32.2 Å². The van der Waals surface area contributed by atoms with Gasteiger partial charge < -0.3 is 20.1 Å². The van der Waals surface area contributed by atoms with Gasteiger partial charge in [-0.1, -0.05) is 0 Å². The SMILES string of the molecule is CN=C(NCCCNS(C)(=O)=O)NCc1cc(OC)ccc1OC(F)F. The fourth-order valence-electron chi connectivity index (χ4n) is 1.98. The Hall–Kier alpha value is -2.14. The van der Waals surface area contributed by atoms with E-state index in [9.17, 15) is 17.2 Å². The molecular formula is C15H24F2N4O4S. The molecule has 0 unspecified atom stereocenters. The molecule has 1 aromatic carbocycles. The van der Waals surface area contributed by atoms with Crippen molar-refractivity contribution < 1.29 is 26.7 Å². The van der Waals surface area contributed by atoms with E-state index in [1.807, 2.05) is 0 Å². The zero-order chi connectivity index (χ0) is 19.6. The van der Waals surface area contributed by atoms with E-state index in [0.29, 0.717) is 36.8 Å². The van der Waals surface area contributed by atoms with Crippen LogP contribution in [0.2, 0.25) is 0 Å². The topological polar surface area (TPSA) is 101 Å². The maximum absolute atomic E-state index is 12.5. The largest absolute Gasteiger partial charge is 0.497 e. The number of rotatable bonds is 10. The first-order chi connectivity index (χ1) is 12.2. The predicted octanol–water partition coefficient (Wildman–Crippen LogP) is 0.901. The molecule has 0 saturated heterocycles. The number of benzene rings is 1. The summed E-state index contributed by atoms with van der Waals surface area (Å²) in [5, 5.41) is 5.98. The van der Waals surface area contributed by atoms with E-state index in [2.05, 4.69) is 25.1 Å². The number of hydrogen-bond acceptors (Lipinski definition) is 5. The van der Waals surface area contributed by atoms with Gasteiger partial charge in [0.25, 0.3) is 0 Å². The number of guanidine groups is 1. The second kappa shape index (κ2) is 10.8. The van der Waals surface area contributed by atoms with Gasteiger partial charge in [-0.2, -0.15) is 8.78 Å². The molecule has 0 spiro atoms. The van der Waals surface area contributed by atoms with Crippen molar-refractivity contribution in [3.63, 3.8) is 0 Å². The molecule has 0 radical (unpaired) electrons. The zero-order valence-electron chi connectivity index (χ0n) is 14.9. The molecule has 1 rings (SSSR count). The fourth-order valence-corrected chi connectivity index (χ4v) is 2.50. The van der Waals surface area contributed by atoms with Crippen LogP contribution in [0.25, 0.3) is 0 Å². The maximum Gasteiger partial charge on any atom is 0.387 e. The van der Waals surface area contributed by atoms with Crippen LogP contribution < -0.4 is 24.8 Å². The Bertz CT molecular complexity index is 699. The summed E-state index contributed by atoms with van der Waals surface area (Å²) in [6, 6.07) is 4.53. The van der Waals surface area contributed by atoms with Crippen molar-refractivity contribution in [1.29, 1.82) is 0 Å². The van der Waals surface area contributed by atoms with Crippen LogP contribution in [0.5, 0.6) is 11.5 Å². The molecule has 0 bridgehead atoms. The molecule has 0 amide bonds. The lowest BCUT2D eigenvalue weighted by molar-refractivity contribution is -0.0505. The van der Waals surface area contributed by atoms with Crippen LogP contribution >= 0.6 is 0 Å². The third kappa shape index (κ3) is 8.81. The lowest BCUT2D eigenvalue weighted by atomic mass is 10.2. The number of halogens is 2. The molecule has 0 aliphatic rings. The van der Waals surface area contributed by atoms with E-state index in [4.69, 9.17) is 4.74 Å². The van der Waals surface area contributed by atoms with Gasteiger partial charge in [-0.05, 0) is 24.6 Å². The Labute approximate surface area is 152 Å². The van der Waals surface area contributed by atoms with Gasteiger partial charge in [0.1, 0.15) is 11.5 Å². The smallest absolute Gasteiger partial charge is 0.387 e.